The van der Waals surface area contributed by atoms with Crippen LogP contribution in [-0.2, 0) is 16.0 Å². The fraction of sp³-hybridized carbons (Fsp3) is 0.529. The molecule has 24 heavy (non-hydrogen) atoms. The van der Waals surface area contributed by atoms with E-state index in [1.165, 1.54) is 12.1 Å². The third-order valence-electron chi connectivity index (χ3n) is 4.13. The number of nitrogens with one attached hydrogen (secondary N) is 1. The van der Waals surface area contributed by atoms with Crippen molar-refractivity contribution in [2.75, 3.05) is 26.2 Å². The van der Waals surface area contributed by atoms with Crippen LogP contribution in [0.3, 0.4) is 0 Å². The van der Waals surface area contributed by atoms with Crippen LogP contribution in [0.15, 0.2) is 24.3 Å². The average molecular weight is 358 g/mol. The van der Waals surface area contributed by atoms with Gasteiger partial charge in [0, 0.05) is 32.6 Å². The summed E-state index contributed by atoms with van der Waals surface area (Å²) >= 11 is 0. The normalized spacial score (nSPS) is 17.1. The number of piperidine rings is 1. The van der Waals surface area contributed by atoms with Crippen molar-refractivity contribution >= 4 is 24.2 Å². The van der Waals surface area contributed by atoms with E-state index in [0.717, 1.165) is 18.4 Å². The summed E-state index contributed by atoms with van der Waals surface area (Å²) in [5.74, 6) is -0.398. The Kier molecular flexibility index (Phi) is 8.71. The second-order valence-corrected chi connectivity index (χ2v) is 5.89. The van der Waals surface area contributed by atoms with Gasteiger partial charge in [-0.15, -0.1) is 12.4 Å². The largest absolute Gasteiger partial charge is 0.355 e. The third kappa shape index (κ3) is 6.09. The first-order chi connectivity index (χ1) is 11.1. The van der Waals surface area contributed by atoms with Crippen LogP contribution in [0.25, 0.3) is 0 Å². The van der Waals surface area contributed by atoms with Gasteiger partial charge < -0.3 is 16.0 Å². The Bertz CT molecular complexity index is 539. The highest BCUT2D eigenvalue weighted by Gasteiger charge is 2.27. The standard InChI is InChI=1S/C17H24FN3O2.ClH/c18-15-6-3-13(4-7-15)5-8-16(22)21-11-1-2-14(12-21)17(23)20-10-9-19;/h3-4,6-7,14H,1-2,5,8-12,19H2,(H,20,23);1H. The van der Waals surface area contributed by atoms with Gasteiger partial charge in [-0.1, -0.05) is 12.1 Å². The van der Waals surface area contributed by atoms with Crippen molar-refractivity contribution in [2.45, 2.75) is 25.7 Å². The van der Waals surface area contributed by atoms with E-state index in [0.29, 0.717) is 39.0 Å². The number of hydrogen-bond donors (Lipinski definition) is 2. The van der Waals surface area contributed by atoms with Gasteiger partial charge in [0.15, 0.2) is 0 Å². The maximum absolute atomic E-state index is 12.9. The number of carbonyl (C=O) groups is 2. The summed E-state index contributed by atoms with van der Waals surface area (Å²) in [6.07, 6.45) is 2.60. The van der Waals surface area contributed by atoms with Gasteiger partial charge in [-0.05, 0) is 37.0 Å². The monoisotopic (exact) mass is 357 g/mol. The fourth-order valence-corrected chi connectivity index (χ4v) is 2.82. The number of hydrogen-bond acceptors (Lipinski definition) is 3. The summed E-state index contributed by atoms with van der Waals surface area (Å²) in [6, 6.07) is 6.20. The van der Waals surface area contributed by atoms with Crippen molar-refractivity contribution < 1.29 is 14.0 Å². The highest BCUT2D eigenvalue weighted by molar-refractivity contribution is 5.85. The number of benzene rings is 1. The lowest BCUT2D eigenvalue weighted by molar-refractivity contribution is -0.135. The molecule has 1 unspecified atom stereocenters. The van der Waals surface area contributed by atoms with E-state index in [2.05, 4.69) is 5.32 Å². The summed E-state index contributed by atoms with van der Waals surface area (Å²) in [5, 5.41) is 2.79. The van der Waals surface area contributed by atoms with Crippen LogP contribution < -0.4 is 11.1 Å². The molecule has 1 aromatic rings. The van der Waals surface area contributed by atoms with Gasteiger partial charge in [0.1, 0.15) is 5.82 Å². The molecule has 134 valence electrons. The molecule has 1 fully saturated rings. The Morgan fingerprint density at radius 1 is 1.29 bits per heavy atom. The van der Waals surface area contributed by atoms with Crippen molar-refractivity contribution in [2.24, 2.45) is 11.7 Å². The zero-order valence-electron chi connectivity index (χ0n) is 13.7. The number of aryl methyl sites for hydroxylation is 1. The average Bonchev–Trinajstić information content (AvgIpc) is 2.59. The number of likely N-dealkylation sites (tertiary alicyclic amines) is 1. The number of nitrogens with zero attached hydrogens (tertiary/aromatic N) is 1. The van der Waals surface area contributed by atoms with E-state index in [1.54, 1.807) is 17.0 Å². The Morgan fingerprint density at radius 3 is 2.67 bits per heavy atom. The van der Waals surface area contributed by atoms with Crippen LogP contribution in [0.5, 0.6) is 0 Å². The Morgan fingerprint density at radius 2 is 2.00 bits per heavy atom. The van der Waals surface area contributed by atoms with E-state index in [9.17, 15) is 14.0 Å². The number of halogens is 2. The molecule has 1 atom stereocenters. The Hall–Kier alpha value is -1.66. The van der Waals surface area contributed by atoms with Crippen LogP contribution in [0.2, 0.25) is 0 Å². The number of amides is 2. The lowest BCUT2D eigenvalue weighted by atomic mass is 9.96. The second kappa shape index (κ2) is 10.3. The molecule has 0 radical (unpaired) electrons. The summed E-state index contributed by atoms with van der Waals surface area (Å²) in [5.41, 5.74) is 6.32. The van der Waals surface area contributed by atoms with E-state index >= 15 is 0 Å². The van der Waals surface area contributed by atoms with Gasteiger partial charge >= 0.3 is 0 Å². The van der Waals surface area contributed by atoms with Gasteiger partial charge in [0.2, 0.25) is 11.8 Å². The Labute approximate surface area is 148 Å². The zero-order chi connectivity index (χ0) is 16.7. The first-order valence-electron chi connectivity index (χ1n) is 8.10. The predicted octanol–water partition coefficient (Wildman–Crippen LogP) is 1.49. The first-order valence-corrected chi connectivity index (χ1v) is 8.10. The van der Waals surface area contributed by atoms with Crippen LogP contribution in [0.4, 0.5) is 4.39 Å². The molecule has 7 heteroatoms. The minimum atomic E-state index is -0.276. The highest BCUT2D eigenvalue weighted by atomic mass is 35.5. The minimum absolute atomic E-state index is 0. The first kappa shape index (κ1) is 20.4. The van der Waals surface area contributed by atoms with Crippen molar-refractivity contribution in [1.82, 2.24) is 10.2 Å². The lowest BCUT2D eigenvalue weighted by Gasteiger charge is -2.32. The molecular formula is C17H25ClFN3O2. The van der Waals surface area contributed by atoms with Gasteiger partial charge in [0.05, 0.1) is 5.92 Å². The third-order valence-corrected chi connectivity index (χ3v) is 4.13. The van der Waals surface area contributed by atoms with Crippen LogP contribution in [-0.4, -0.2) is 42.9 Å². The van der Waals surface area contributed by atoms with Crippen molar-refractivity contribution in [3.63, 3.8) is 0 Å². The smallest absolute Gasteiger partial charge is 0.224 e. The molecule has 1 heterocycles. The molecule has 1 aliphatic rings. The van der Waals surface area contributed by atoms with E-state index in [1.807, 2.05) is 0 Å². The van der Waals surface area contributed by atoms with Gasteiger partial charge in [0.25, 0.3) is 0 Å². The van der Waals surface area contributed by atoms with Crippen LogP contribution in [0, 0.1) is 11.7 Å². The predicted molar refractivity (Wildman–Crippen MR) is 93.3 cm³/mol. The van der Waals surface area contributed by atoms with Gasteiger partial charge in [-0.25, -0.2) is 4.39 Å². The molecule has 0 aromatic heterocycles. The molecule has 1 aliphatic heterocycles. The molecular weight excluding hydrogens is 333 g/mol. The summed E-state index contributed by atoms with van der Waals surface area (Å²) in [6.45, 7) is 2.05. The van der Waals surface area contributed by atoms with Crippen molar-refractivity contribution in [3.8, 4) is 0 Å². The van der Waals surface area contributed by atoms with Crippen LogP contribution in [0.1, 0.15) is 24.8 Å². The van der Waals surface area contributed by atoms with Gasteiger partial charge in [-0.2, -0.15) is 0 Å². The minimum Gasteiger partial charge on any atom is -0.355 e. The summed E-state index contributed by atoms with van der Waals surface area (Å²) in [4.78, 5) is 26.1. The SMILES string of the molecule is Cl.NCCNC(=O)C1CCCN(C(=O)CCc2ccc(F)cc2)C1. The molecule has 0 spiro atoms. The lowest BCUT2D eigenvalue weighted by Crippen LogP contribution is -2.46. The molecule has 2 rings (SSSR count). The van der Waals surface area contributed by atoms with Gasteiger partial charge in [-0.3, -0.25) is 9.59 Å². The topological polar surface area (TPSA) is 75.4 Å². The summed E-state index contributed by atoms with van der Waals surface area (Å²) in [7, 11) is 0. The second-order valence-electron chi connectivity index (χ2n) is 5.89. The molecule has 3 N–H and O–H groups in total. The number of nitrogens with two attached hydrogens (primary N) is 1. The molecule has 0 bridgehead atoms. The zero-order valence-corrected chi connectivity index (χ0v) is 14.5. The van der Waals surface area contributed by atoms with E-state index in [4.69, 9.17) is 5.73 Å². The Balaban J connectivity index is 0.00000288. The van der Waals surface area contributed by atoms with Crippen LogP contribution >= 0.6 is 12.4 Å². The fourth-order valence-electron chi connectivity index (χ4n) is 2.82. The molecule has 0 aliphatic carbocycles. The molecule has 2 amide bonds. The van der Waals surface area contributed by atoms with E-state index < -0.39 is 0 Å². The van der Waals surface area contributed by atoms with Crippen molar-refractivity contribution in [3.05, 3.63) is 35.6 Å². The molecule has 1 aromatic carbocycles. The summed E-state index contributed by atoms with van der Waals surface area (Å²) < 4.78 is 12.9. The highest BCUT2D eigenvalue weighted by Crippen LogP contribution is 2.18. The molecule has 5 nitrogen and oxygen atoms in total. The number of rotatable bonds is 6. The number of carbonyl (C=O) groups excluding carboxylic acids is 2. The molecule has 1 saturated heterocycles. The van der Waals surface area contributed by atoms with Crippen molar-refractivity contribution in [1.29, 1.82) is 0 Å². The quantitative estimate of drug-likeness (QED) is 0.810. The maximum Gasteiger partial charge on any atom is 0.224 e. The molecule has 0 saturated carbocycles. The maximum atomic E-state index is 12.9. The van der Waals surface area contributed by atoms with E-state index in [-0.39, 0.29) is 36.0 Å².